The lowest BCUT2D eigenvalue weighted by Gasteiger charge is -2.22. The molecular formula is C11H17NO2S. The minimum absolute atomic E-state index is 0.536. The lowest BCUT2D eigenvalue weighted by molar-refractivity contribution is -0.148. The normalized spacial score (nSPS) is 14.9. The highest BCUT2D eigenvalue weighted by atomic mass is 32.1. The Balaban J connectivity index is 2.79. The molecule has 1 aromatic rings. The number of aromatic nitrogens is 1. The van der Waals surface area contributed by atoms with Gasteiger partial charge in [0.2, 0.25) is 0 Å². The van der Waals surface area contributed by atoms with Crippen LogP contribution in [-0.4, -0.2) is 16.1 Å². The van der Waals surface area contributed by atoms with Crippen molar-refractivity contribution >= 4 is 17.3 Å². The van der Waals surface area contributed by atoms with Gasteiger partial charge in [-0.15, -0.1) is 11.3 Å². The fourth-order valence-electron chi connectivity index (χ4n) is 1.64. The van der Waals surface area contributed by atoms with Crippen LogP contribution in [0.15, 0.2) is 5.38 Å². The molecule has 1 aromatic heterocycles. The predicted molar refractivity (Wildman–Crippen MR) is 61.2 cm³/mol. The molecule has 0 radical (unpaired) electrons. The van der Waals surface area contributed by atoms with Crippen molar-refractivity contribution in [1.82, 2.24) is 4.98 Å². The fraction of sp³-hybridized carbons (Fsp3) is 0.636. The van der Waals surface area contributed by atoms with Crippen LogP contribution in [0, 0.1) is 12.3 Å². The molecule has 1 rings (SSSR count). The highest BCUT2D eigenvalue weighted by Gasteiger charge is 2.33. The smallest absolute Gasteiger partial charge is 0.309 e. The SMILES string of the molecule is CCCC(C)(Cc1nc(C)cs1)C(=O)O. The van der Waals surface area contributed by atoms with E-state index in [4.69, 9.17) is 0 Å². The summed E-state index contributed by atoms with van der Waals surface area (Å²) >= 11 is 1.55. The van der Waals surface area contributed by atoms with Crippen LogP contribution in [0.2, 0.25) is 0 Å². The maximum Gasteiger partial charge on any atom is 0.309 e. The Morgan fingerprint density at radius 3 is 2.73 bits per heavy atom. The van der Waals surface area contributed by atoms with Crippen LogP contribution in [0.1, 0.15) is 37.4 Å². The zero-order chi connectivity index (χ0) is 11.5. The summed E-state index contributed by atoms with van der Waals surface area (Å²) in [5.74, 6) is -0.725. The lowest BCUT2D eigenvalue weighted by atomic mass is 9.83. The average Bonchev–Trinajstić information content (AvgIpc) is 2.51. The molecule has 0 bridgehead atoms. The zero-order valence-corrected chi connectivity index (χ0v) is 10.2. The molecule has 0 amide bonds. The standard InChI is InChI=1S/C11H17NO2S/c1-4-5-11(3,10(13)14)6-9-12-8(2)7-15-9/h7H,4-6H2,1-3H3,(H,13,14). The predicted octanol–water partition coefficient (Wildman–Crippen LogP) is 2.89. The Morgan fingerprint density at radius 2 is 2.33 bits per heavy atom. The fourth-order valence-corrected chi connectivity index (χ4v) is 2.60. The summed E-state index contributed by atoms with van der Waals surface area (Å²) in [7, 11) is 0. The molecule has 0 spiro atoms. The average molecular weight is 227 g/mol. The van der Waals surface area contributed by atoms with Crippen LogP contribution in [0.4, 0.5) is 0 Å². The van der Waals surface area contributed by atoms with Gasteiger partial charge in [0, 0.05) is 17.5 Å². The first-order chi connectivity index (χ1) is 6.98. The molecule has 84 valence electrons. The van der Waals surface area contributed by atoms with E-state index in [2.05, 4.69) is 4.98 Å². The Morgan fingerprint density at radius 1 is 1.67 bits per heavy atom. The second-order valence-electron chi connectivity index (χ2n) is 4.18. The summed E-state index contributed by atoms with van der Waals surface area (Å²) in [4.78, 5) is 15.5. The van der Waals surface area contributed by atoms with Gasteiger partial charge in [-0.1, -0.05) is 13.3 Å². The Bertz CT molecular complexity index is 348. The van der Waals surface area contributed by atoms with Crippen molar-refractivity contribution in [3.8, 4) is 0 Å². The summed E-state index contributed by atoms with van der Waals surface area (Å²) in [5.41, 5.74) is 0.304. The minimum Gasteiger partial charge on any atom is -0.481 e. The molecule has 15 heavy (non-hydrogen) atoms. The first kappa shape index (κ1) is 12.2. The van der Waals surface area contributed by atoms with Gasteiger partial charge in [0.25, 0.3) is 0 Å². The molecule has 0 fully saturated rings. The number of nitrogens with zero attached hydrogens (tertiary/aromatic N) is 1. The van der Waals surface area contributed by atoms with Crippen LogP contribution < -0.4 is 0 Å². The van der Waals surface area contributed by atoms with Crippen LogP contribution in [0.25, 0.3) is 0 Å². The quantitative estimate of drug-likeness (QED) is 0.841. The monoisotopic (exact) mass is 227 g/mol. The largest absolute Gasteiger partial charge is 0.481 e. The second kappa shape index (κ2) is 4.75. The van der Waals surface area contributed by atoms with Crippen molar-refractivity contribution in [1.29, 1.82) is 0 Å². The van der Waals surface area contributed by atoms with E-state index in [9.17, 15) is 9.90 Å². The van der Waals surface area contributed by atoms with E-state index < -0.39 is 11.4 Å². The summed E-state index contributed by atoms with van der Waals surface area (Å²) < 4.78 is 0. The summed E-state index contributed by atoms with van der Waals surface area (Å²) in [6.07, 6.45) is 2.11. The number of carbonyl (C=O) groups is 1. The van der Waals surface area contributed by atoms with Crippen molar-refractivity contribution in [2.45, 2.75) is 40.0 Å². The molecule has 0 aliphatic rings. The maximum absolute atomic E-state index is 11.2. The summed E-state index contributed by atoms with van der Waals surface area (Å²) in [6, 6.07) is 0. The molecular weight excluding hydrogens is 210 g/mol. The van der Waals surface area contributed by atoms with Gasteiger partial charge in [-0.2, -0.15) is 0 Å². The number of aryl methyl sites for hydroxylation is 1. The van der Waals surface area contributed by atoms with Crippen LogP contribution in [0.3, 0.4) is 0 Å². The number of aliphatic carboxylic acids is 1. The molecule has 0 saturated carbocycles. The van der Waals surface area contributed by atoms with Gasteiger partial charge in [-0.25, -0.2) is 4.98 Å². The van der Waals surface area contributed by atoms with E-state index in [-0.39, 0.29) is 0 Å². The first-order valence-corrected chi connectivity index (χ1v) is 6.00. The van der Waals surface area contributed by atoms with Gasteiger partial charge >= 0.3 is 5.97 Å². The van der Waals surface area contributed by atoms with Gasteiger partial charge in [-0.3, -0.25) is 4.79 Å². The Labute approximate surface area is 94.2 Å². The Hall–Kier alpha value is -0.900. The number of hydrogen-bond acceptors (Lipinski definition) is 3. The third kappa shape index (κ3) is 3.02. The van der Waals surface area contributed by atoms with Crippen molar-refractivity contribution in [3.63, 3.8) is 0 Å². The number of hydrogen-bond donors (Lipinski definition) is 1. The summed E-state index contributed by atoms with van der Waals surface area (Å²) in [5, 5.41) is 12.1. The number of carboxylic acids is 1. The van der Waals surface area contributed by atoms with Crippen molar-refractivity contribution in [2.24, 2.45) is 5.41 Å². The van der Waals surface area contributed by atoms with E-state index in [1.807, 2.05) is 19.2 Å². The van der Waals surface area contributed by atoms with E-state index in [1.54, 1.807) is 18.3 Å². The number of thiazole rings is 1. The van der Waals surface area contributed by atoms with E-state index in [0.29, 0.717) is 12.8 Å². The topological polar surface area (TPSA) is 50.2 Å². The van der Waals surface area contributed by atoms with E-state index >= 15 is 0 Å². The van der Waals surface area contributed by atoms with Crippen LogP contribution in [0.5, 0.6) is 0 Å². The lowest BCUT2D eigenvalue weighted by Crippen LogP contribution is -2.29. The van der Waals surface area contributed by atoms with E-state index in [0.717, 1.165) is 17.1 Å². The molecule has 4 heteroatoms. The minimum atomic E-state index is -0.725. The molecule has 0 saturated heterocycles. The molecule has 3 nitrogen and oxygen atoms in total. The first-order valence-electron chi connectivity index (χ1n) is 5.12. The maximum atomic E-state index is 11.2. The van der Waals surface area contributed by atoms with Crippen molar-refractivity contribution < 1.29 is 9.90 Å². The molecule has 0 aromatic carbocycles. The highest BCUT2D eigenvalue weighted by Crippen LogP contribution is 2.29. The molecule has 1 N–H and O–H groups in total. The number of carboxylic acid groups (broad SMARTS) is 1. The molecule has 1 atom stereocenters. The number of rotatable bonds is 5. The van der Waals surface area contributed by atoms with Crippen LogP contribution >= 0.6 is 11.3 Å². The third-order valence-corrected chi connectivity index (χ3v) is 3.49. The molecule has 1 heterocycles. The van der Waals surface area contributed by atoms with Crippen molar-refractivity contribution in [3.05, 3.63) is 16.1 Å². The van der Waals surface area contributed by atoms with Crippen molar-refractivity contribution in [2.75, 3.05) is 0 Å². The summed E-state index contributed by atoms with van der Waals surface area (Å²) in [6.45, 7) is 5.74. The second-order valence-corrected chi connectivity index (χ2v) is 5.12. The van der Waals surface area contributed by atoms with Crippen LogP contribution in [-0.2, 0) is 11.2 Å². The van der Waals surface area contributed by atoms with Gasteiger partial charge in [-0.05, 0) is 20.3 Å². The highest BCUT2D eigenvalue weighted by molar-refractivity contribution is 7.09. The zero-order valence-electron chi connectivity index (χ0n) is 9.41. The molecule has 0 aliphatic carbocycles. The van der Waals surface area contributed by atoms with E-state index in [1.165, 1.54) is 0 Å². The molecule has 0 aliphatic heterocycles. The Kier molecular flexibility index (Phi) is 3.85. The van der Waals surface area contributed by atoms with Gasteiger partial charge in [0.05, 0.1) is 10.4 Å². The molecule has 1 unspecified atom stereocenters. The third-order valence-electron chi connectivity index (χ3n) is 2.53. The van der Waals surface area contributed by atoms with Gasteiger partial charge in [0.15, 0.2) is 0 Å². The van der Waals surface area contributed by atoms with Gasteiger partial charge < -0.3 is 5.11 Å². The van der Waals surface area contributed by atoms with Gasteiger partial charge in [0.1, 0.15) is 0 Å².